The smallest absolute Gasteiger partial charge is 0.244 e. The van der Waals surface area contributed by atoms with Gasteiger partial charge in [-0.2, -0.15) is 4.31 Å². The molecule has 0 spiro atoms. The molecule has 8 heteroatoms. The SMILES string of the molecule is Cc1cc(S(=O)(=O)N2CCN(CC(N)=O)CC2)c(C)s1. The second kappa shape index (κ2) is 5.80. The molecule has 1 amide bonds. The lowest BCUT2D eigenvalue weighted by Crippen LogP contribution is -2.50. The molecule has 2 heterocycles. The number of carbonyl (C=O) groups is 1. The van der Waals surface area contributed by atoms with Gasteiger partial charge in [0.2, 0.25) is 15.9 Å². The summed E-state index contributed by atoms with van der Waals surface area (Å²) in [5.74, 6) is -0.384. The molecule has 0 atom stereocenters. The van der Waals surface area contributed by atoms with Crippen molar-refractivity contribution in [2.24, 2.45) is 5.73 Å². The van der Waals surface area contributed by atoms with E-state index in [0.29, 0.717) is 31.1 Å². The molecule has 1 fully saturated rings. The highest BCUT2D eigenvalue weighted by atomic mass is 32.2. The van der Waals surface area contributed by atoms with Gasteiger partial charge >= 0.3 is 0 Å². The summed E-state index contributed by atoms with van der Waals surface area (Å²) < 4.78 is 26.6. The number of nitrogens with zero attached hydrogens (tertiary/aromatic N) is 2. The maximum absolute atomic E-state index is 12.6. The second-order valence-corrected chi connectivity index (χ2v) is 8.29. The largest absolute Gasteiger partial charge is 0.369 e. The van der Waals surface area contributed by atoms with Crippen LogP contribution in [0.1, 0.15) is 9.75 Å². The zero-order valence-corrected chi connectivity index (χ0v) is 13.3. The van der Waals surface area contributed by atoms with Gasteiger partial charge in [0.15, 0.2) is 0 Å². The van der Waals surface area contributed by atoms with Crippen LogP contribution in [0.25, 0.3) is 0 Å². The average Bonchev–Trinajstić information content (AvgIpc) is 2.69. The Morgan fingerprint density at radius 3 is 2.35 bits per heavy atom. The van der Waals surface area contributed by atoms with Crippen molar-refractivity contribution in [3.8, 4) is 0 Å². The van der Waals surface area contributed by atoms with Gasteiger partial charge in [0.1, 0.15) is 0 Å². The zero-order chi connectivity index (χ0) is 14.9. The van der Waals surface area contributed by atoms with Crippen molar-refractivity contribution >= 4 is 27.3 Å². The third-order valence-corrected chi connectivity index (χ3v) is 6.44. The Labute approximate surface area is 123 Å². The number of thiophene rings is 1. The first-order valence-corrected chi connectivity index (χ1v) is 8.64. The zero-order valence-electron chi connectivity index (χ0n) is 11.6. The maximum Gasteiger partial charge on any atom is 0.244 e. The molecular formula is C12H19N3O3S2. The molecule has 0 unspecified atom stereocenters. The van der Waals surface area contributed by atoms with E-state index in [4.69, 9.17) is 5.73 Å². The van der Waals surface area contributed by atoms with Crippen LogP contribution in [-0.2, 0) is 14.8 Å². The van der Waals surface area contributed by atoms with Crippen LogP contribution >= 0.6 is 11.3 Å². The minimum Gasteiger partial charge on any atom is -0.369 e. The number of carbonyl (C=O) groups excluding carboxylic acids is 1. The minimum atomic E-state index is -3.42. The van der Waals surface area contributed by atoms with Gasteiger partial charge in [-0.1, -0.05) is 0 Å². The highest BCUT2D eigenvalue weighted by Gasteiger charge is 2.30. The highest BCUT2D eigenvalue weighted by molar-refractivity contribution is 7.89. The lowest BCUT2D eigenvalue weighted by atomic mass is 10.3. The molecule has 1 aliphatic heterocycles. The van der Waals surface area contributed by atoms with E-state index in [1.807, 2.05) is 18.7 Å². The number of nitrogens with two attached hydrogens (primary N) is 1. The van der Waals surface area contributed by atoms with Crippen molar-refractivity contribution in [3.63, 3.8) is 0 Å². The van der Waals surface area contributed by atoms with Crippen LogP contribution in [0.5, 0.6) is 0 Å². The third kappa shape index (κ3) is 3.20. The monoisotopic (exact) mass is 317 g/mol. The molecule has 1 saturated heterocycles. The fourth-order valence-electron chi connectivity index (χ4n) is 2.35. The number of amides is 1. The highest BCUT2D eigenvalue weighted by Crippen LogP contribution is 2.28. The van der Waals surface area contributed by atoms with E-state index in [-0.39, 0.29) is 12.5 Å². The number of aryl methyl sites for hydroxylation is 2. The molecule has 20 heavy (non-hydrogen) atoms. The predicted octanol–water partition coefficient (Wildman–Crippen LogP) is 0.157. The average molecular weight is 317 g/mol. The van der Waals surface area contributed by atoms with Gasteiger partial charge in [0, 0.05) is 35.9 Å². The molecule has 1 aliphatic rings. The van der Waals surface area contributed by atoms with E-state index in [1.165, 1.54) is 15.6 Å². The number of hydrogen-bond donors (Lipinski definition) is 1. The van der Waals surface area contributed by atoms with Crippen molar-refractivity contribution in [3.05, 3.63) is 15.8 Å². The second-order valence-electron chi connectivity index (χ2n) is 4.92. The fourth-order valence-corrected chi connectivity index (χ4v) is 5.30. The maximum atomic E-state index is 12.6. The molecule has 0 aromatic carbocycles. The number of primary amides is 1. The molecule has 0 radical (unpaired) electrons. The summed E-state index contributed by atoms with van der Waals surface area (Å²) in [5, 5.41) is 0. The van der Waals surface area contributed by atoms with Crippen molar-refractivity contribution in [1.29, 1.82) is 0 Å². The first kappa shape index (κ1) is 15.4. The molecule has 0 aliphatic carbocycles. The molecule has 1 aromatic heterocycles. The summed E-state index contributed by atoms with van der Waals surface area (Å²) in [7, 11) is -3.42. The van der Waals surface area contributed by atoms with Crippen molar-refractivity contribution in [1.82, 2.24) is 9.21 Å². The van der Waals surface area contributed by atoms with Crippen LogP contribution in [0.15, 0.2) is 11.0 Å². The van der Waals surface area contributed by atoms with Gasteiger partial charge in [-0.15, -0.1) is 11.3 Å². The standard InChI is InChI=1S/C12H19N3O3S2/c1-9-7-11(10(2)19-9)20(17,18)15-5-3-14(4-6-15)8-12(13)16/h7H,3-6,8H2,1-2H3,(H2,13,16). The molecular weight excluding hydrogens is 298 g/mol. The number of rotatable bonds is 4. The van der Waals surface area contributed by atoms with Crippen LogP contribution in [0.4, 0.5) is 0 Å². The van der Waals surface area contributed by atoms with Crippen molar-refractivity contribution in [2.75, 3.05) is 32.7 Å². The summed E-state index contributed by atoms with van der Waals surface area (Å²) >= 11 is 1.49. The molecule has 2 N–H and O–H groups in total. The van der Waals surface area contributed by atoms with Gasteiger partial charge in [-0.05, 0) is 19.9 Å². The first-order chi connectivity index (χ1) is 9.30. The van der Waals surface area contributed by atoms with Crippen LogP contribution in [0.3, 0.4) is 0 Å². The Balaban J connectivity index is 2.10. The van der Waals surface area contributed by atoms with E-state index < -0.39 is 10.0 Å². The van der Waals surface area contributed by atoms with Gasteiger partial charge in [-0.3, -0.25) is 9.69 Å². The molecule has 0 bridgehead atoms. The van der Waals surface area contributed by atoms with Crippen LogP contribution in [0, 0.1) is 13.8 Å². The van der Waals surface area contributed by atoms with Crippen molar-refractivity contribution in [2.45, 2.75) is 18.7 Å². The number of piperazine rings is 1. The van der Waals surface area contributed by atoms with Gasteiger partial charge in [0.05, 0.1) is 11.4 Å². The lowest BCUT2D eigenvalue weighted by molar-refractivity contribution is -0.119. The van der Waals surface area contributed by atoms with E-state index >= 15 is 0 Å². The molecule has 0 saturated carbocycles. The summed E-state index contributed by atoms with van der Waals surface area (Å²) in [6.07, 6.45) is 0. The topological polar surface area (TPSA) is 83.7 Å². The fraction of sp³-hybridized carbons (Fsp3) is 0.583. The molecule has 112 valence electrons. The Morgan fingerprint density at radius 1 is 1.30 bits per heavy atom. The third-order valence-electron chi connectivity index (χ3n) is 3.32. The van der Waals surface area contributed by atoms with Gasteiger partial charge in [0.25, 0.3) is 0 Å². The lowest BCUT2D eigenvalue weighted by Gasteiger charge is -2.33. The van der Waals surface area contributed by atoms with E-state index in [2.05, 4.69) is 0 Å². The summed E-state index contributed by atoms with van der Waals surface area (Å²) in [6.45, 7) is 5.77. The molecule has 1 aromatic rings. The first-order valence-electron chi connectivity index (χ1n) is 6.38. The molecule has 6 nitrogen and oxygen atoms in total. The van der Waals surface area contributed by atoms with Crippen molar-refractivity contribution < 1.29 is 13.2 Å². The number of sulfonamides is 1. The number of hydrogen-bond acceptors (Lipinski definition) is 5. The quantitative estimate of drug-likeness (QED) is 0.857. The Hall–Kier alpha value is -0.960. The summed E-state index contributed by atoms with van der Waals surface area (Å²) in [5.41, 5.74) is 5.15. The van der Waals surface area contributed by atoms with E-state index in [0.717, 1.165) is 9.75 Å². The van der Waals surface area contributed by atoms with Crippen LogP contribution < -0.4 is 5.73 Å². The van der Waals surface area contributed by atoms with Crippen LogP contribution in [-0.4, -0.2) is 56.3 Å². The Kier molecular flexibility index (Phi) is 4.48. The Morgan fingerprint density at radius 2 is 1.90 bits per heavy atom. The molecule has 2 rings (SSSR count). The Bertz CT molecular complexity index is 601. The summed E-state index contributed by atoms with van der Waals surface area (Å²) in [4.78, 5) is 15.0. The normalized spacial score (nSPS) is 18.3. The van der Waals surface area contributed by atoms with Gasteiger partial charge in [-0.25, -0.2) is 8.42 Å². The summed E-state index contributed by atoms with van der Waals surface area (Å²) in [6, 6.07) is 1.73. The van der Waals surface area contributed by atoms with E-state index in [1.54, 1.807) is 6.07 Å². The minimum absolute atomic E-state index is 0.185. The van der Waals surface area contributed by atoms with E-state index in [9.17, 15) is 13.2 Å². The van der Waals surface area contributed by atoms with Crippen LogP contribution in [0.2, 0.25) is 0 Å². The van der Waals surface area contributed by atoms with Gasteiger partial charge < -0.3 is 5.73 Å². The predicted molar refractivity (Wildman–Crippen MR) is 78.2 cm³/mol.